The van der Waals surface area contributed by atoms with Crippen LogP contribution in [0.15, 0.2) is 24.3 Å². The van der Waals surface area contributed by atoms with Crippen molar-refractivity contribution in [2.24, 2.45) is 11.1 Å². The summed E-state index contributed by atoms with van der Waals surface area (Å²) >= 11 is 0. The van der Waals surface area contributed by atoms with Gasteiger partial charge in [-0.25, -0.2) is 0 Å². The zero-order valence-electron chi connectivity index (χ0n) is 11.4. The molecule has 0 aromatic heterocycles. The molecule has 0 spiro atoms. The van der Waals surface area contributed by atoms with Crippen LogP contribution in [0.1, 0.15) is 38.3 Å². The zero-order chi connectivity index (χ0) is 12.9. The largest absolute Gasteiger partial charge is 0.327 e. The topological polar surface area (TPSA) is 26.0 Å². The van der Waals surface area contributed by atoms with Crippen molar-refractivity contribution in [3.63, 3.8) is 0 Å². The summed E-state index contributed by atoms with van der Waals surface area (Å²) in [6, 6.07) is 8.68. The van der Waals surface area contributed by atoms with E-state index in [9.17, 15) is 0 Å². The van der Waals surface area contributed by atoms with Crippen LogP contribution >= 0.6 is 0 Å². The molecule has 0 aliphatic rings. The van der Waals surface area contributed by atoms with Crippen LogP contribution < -0.4 is 5.73 Å². The van der Waals surface area contributed by atoms with E-state index < -0.39 is 0 Å². The van der Waals surface area contributed by atoms with Crippen LogP contribution in [-0.4, -0.2) is 6.04 Å². The third-order valence-corrected chi connectivity index (χ3v) is 2.45. The quantitative estimate of drug-likeness (QED) is 0.791. The van der Waals surface area contributed by atoms with Gasteiger partial charge in [0.1, 0.15) is 0 Å². The van der Waals surface area contributed by atoms with Gasteiger partial charge in [-0.15, -0.1) is 5.92 Å². The Morgan fingerprint density at radius 1 is 1.18 bits per heavy atom. The normalized spacial score (nSPS) is 12.8. The van der Waals surface area contributed by atoms with Crippen LogP contribution in [0.2, 0.25) is 0 Å². The summed E-state index contributed by atoms with van der Waals surface area (Å²) in [5.74, 6) is 6.40. The van der Waals surface area contributed by atoms with Crippen molar-refractivity contribution in [1.82, 2.24) is 0 Å². The molecule has 92 valence electrons. The molecule has 0 amide bonds. The van der Waals surface area contributed by atoms with Gasteiger partial charge in [0.15, 0.2) is 0 Å². The molecule has 0 radical (unpaired) electrons. The number of hydrogen-bond acceptors (Lipinski definition) is 1. The minimum absolute atomic E-state index is 0.0730. The van der Waals surface area contributed by atoms with Crippen LogP contribution in [0.25, 0.3) is 0 Å². The summed E-state index contributed by atoms with van der Waals surface area (Å²) in [5.41, 5.74) is 8.72. The van der Waals surface area contributed by atoms with Gasteiger partial charge in [-0.1, -0.05) is 35.7 Å². The standard InChI is InChI=1S/C16H23N/c1-13-7-9-14(10-8-13)12-15(17)6-5-11-16(2,3)4/h7-10,15H,6,12,17H2,1-4H3. The maximum atomic E-state index is 6.07. The molecule has 1 heteroatoms. The Hall–Kier alpha value is -1.26. The van der Waals surface area contributed by atoms with Crippen molar-refractivity contribution in [3.05, 3.63) is 35.4 Å². The molecular weight excluding hydrogens is 206 g/mol. The van der Waals surface area contributed by atoms with E-state index in [-0.39, 0.29) is 11.5 Å². The van der Waals surface area contributed by atoms with Gasteiger partial charge in [-0.05, 0) is 39.7 Å². The highest BCUT2D eigenvalue weighted by Gasteiger charge is 2.05. The predicted octanol–water partition coefficient (Wildman–Crippen LogP) is 3.30. The molecule has 1 rings (SSSR count). The molecule has 0 saturated heterocycles. The molecule has 0 bridgehead atoms. The van der Waals surface area contributed by atoms with Crippen LogP contribution in [0.5, 0.6) is 0 Å². The van der Waals surface area contributed by atoms with E-state index in [2.05, 4.69) is 63.8 Å². The molecular formula is C16H23N. The molecule has 2 N–H and O–H groups in total. The Morgan fingerprint density at radius 2 is 1.76 bits per heavy atom. The van der Waals surface area contributed by atoms with Crippen LogP contribution in [0.3, 0.4) is 0 Å². The molecule has 1 nitrogen and oxygen atoms in total. The summed E-state index contributed by atoms with van der Waals surface area (Å²) in [5, 5.41) is 0. The number of benzene rings is 1. The second-order valence-electron chi connectivity index (χ2n) is 5.71. The molecule has 0 heterocycles. The van der Waals surface area contributed by atoms with Gasteiger partial charge in [-0.3, -0.25) is 0 Å². The Balaban J connectivity index is 2.46. The lowest BCUT2D eigenvalue weighted by atomic mass is 9.97. The van der Waals surface area contributed by atoms with Gasteiger partial charge in [0, 0.05) is 17.9 Å². The van der Waals surface area contributed by atoms with Crippen molar-refractivity contribution < 1.29 is 0 Å². The fourth-order valence-corrected chi connectivity index (χ4v) is 1.55. The van der Waals surface area contributed by atoms with E-state index in [4.69, 9.17) is 5.73 Å². The van der Waals surface area contributed by atoms with Crippen molar-refractivity contribution >= 4 is 0 Å². The maximum Gasteiger partial charge on any atom is 0.0244 e. The first-order valence-electron chi connectivity index (χ1n) is 6.18. The highest BCUT2D eigenvalue weighted by molar-refractivity contribution is 5.22. The zero-order valence-corrected chi connectivity index (χ0v) is 11.4. The lowest BCUT2D eigenvalue weighted by molar-refractivity contribution is 0.569. The first-order chi connectivity index (χ1) is 7.87. The third-order valence-electron chi connectivity index (χ3n) is 2.45. The van der Waals surface area contributed by atoms with Crippen LogP contribution in [0, 0.1) is 24.2 Å². The Kier molecular flexibility index (Phi) is 4.78. The molecule has 1 unspecified atom stereocenters. The smallest absolute Gasteiger partial charge is 0.0244 e. The van der Waals surface area contributed by atoms with Gasteiger partial charge in [0.2, 0.25) is 0 Å². The summed E-state index contributed by atoms with van der Waals surface area (Å²) in [6.45, 7) is 8.45. The van der Waals surface area contributed by atoms with E-state index in [1.54, 1.807) is 0 Å². The highest BCUT2D eigenvalue weighted by atomic mass is 14.6. The van der Waals surface area contributed by atoms with Crippen molar-refractivity contribution in [1.29, 1.82) is 0 Å². The summed E-state index contributed by atoms with van der Waals surface area (Å²) < 4.78 is 0. The molecule has 0 saturated carbocycles. The summed E-state index contributed by atoms with van der Waals surface area (Å²) in [4.78, 5) is 0. The molecule has 1 aromatic carbocycles. The van der Waals surface area contributed by atoms with Crippen molar-refractivity contribution in [2.75, 3.05) is 0 Å². The van der Waals surface area contributed by atoms with Crippen molar-refractivity contribution in [3.8, 4) is 11.8 Å². The third kappa shape index (κ3) is 6.14. The second kappa shape index (κ2) is 5.89. The number of aryl methyl sites for hydroxylation is 1. The van der Waals surface area contributed by atoms with Gasteiger partial charge < -0.3 is 5.73 Å². The highest BCUT2D eigenvalue weighted by Crippen LogP contribution is 2.11. The Morgan fingerprint density at radius 3 is 2.29 bits per heavy atom. The minimum Gasteiger partial charge on any atom is -0.327 e. The second-order valence-corrected chi connectivity index (χ2v) is 5.71. The Labute approximate surface area is 105 Å². The molecule has 0 fully saturated rings. The van der Waals surface area contributed by atoms with E-state index >= 15 is 0 Å². The first-order valence-corrected chi connectivity index (χ1v) is 6.18. The van der Waals surface area contributed by atoms with Crippen LogP contribution in [-0.2, 0) is 6.42 Å². The lowest BCUT2D eigenvalue weighted by Crippen LogP contribution is -2.22. The fourth-order valence-electron chi connectivity index (χ4n) is 1.55. The van der Waals surface area contributed by atoms with E-state index in [0.717, 1.165) is 12.8 Å². The van der Waals surface area contributed by atoms with E-state index in [0.29, 0.717) is 0 Å². The average Bonchev–Trinajstić information content (AvgIpc) is 2.19. The lowest BCUT2D eigenvalue weighted by Gasteiger charge is -2.10. The number of hydrogen-bond donors (Lipinski definition) is 1. The first kappa shape index (κ1) is 13.8. The van der Waals surface area contributed by atoms with Gasteiger partial charge in [-0.2, -0.15) is 0 Å². The van der Waals surface area contributed by atoms with Gasteiger partial charge >= 0.3 is 0 Å². The molecule has 1 aromatic rings. The van der Waals surface area contributed by atoms with E-state index in [1.807, 2.05) is 0 Å². The van der Waals surface area contributed by atoms with E-state index in [1.165, 1.54) is 11.1 Å². The molecule has 0 aliphatic heterocycles. The molecule has 17 heavy (non-hydrogen) atoms. The monoisotopic (exact) mass is 229 g/mol. The summed E-state index contributed by atoms with van der Waals surface area (Å²) in [6.07, 6.45) is 1.67. The molecule has 0 aliphatic carbocycles. The van der Waals surface area contributed by atoms with Crippen molar-refractivity contribution in [2.45, 2.75) is 46.6 Å². The van der Waals surface area contributed by atoms with Crippen LogP contribution in [0.4, 0.5) is 0 Å². The molecule has 1 atom stereocenters. The Bertz CT molecular complexity index is 398. The number of nitrogens with two attached hydrogens (primary N) is 1. The van der Waals surface area contributed by atoms with Gasteiger partial charge in [0.25, 0.3) is 0 Å². The summed E-state index contributed by atoms with van der Waals surface area (Å²) in [7, 11) is 0. The fraction of sp³-hybridized carbons (Fsp3) is 0.500. The SMILES string of the molecule is Cc1ccc(CC(N)CC#CC(C)(C)C)cc1. The maximum absolute atomic E-state index is 6.07. The number of rotatable bonds is 3. The average molecular weight is 229 g/mol. The predicted molar refractivity (Wildman–Crippen MR) is 74.7 cm³/mol. The minimum atomic E-state index is 0.0730. The van der Waals surface area contributed by atoms with Gasteiger partial charge in [0.05, 0.1) is 0 Å².